The minimum absolute atomic E-state index is 0.00328. The van der Waals surface area contributed by atoms with Crippen LogP contribution in [0, 0.1) is 4.91 Å². The van der Waals surface area contributed by atoms with Crippen LogP contribution in [0.3, 0.4) is 0 Å². The van der Waals surface area contributed by atoms with Crippen LogP contribution >= 0.6 is 0 Å². The van der Waals surface area contributed by atoms with Gasteiger partial charge in [0.25, 0.3) is 0 Å². The van der Waals surface area contributed by atoms with E-state index in [1.807, 2.05) is 51.3 Å². The first-order valence-electron chi connectivity index (χ1n) is 7.30. The van der Waals surface area contributed by atoms with Crippen molar-refractivity contribution in [3.8, 4) is 0 Å². The summed E-state index contributed by atoms with van der Waals surface area (Å²) in [7, 11) is 1.83. The van der Waals surface area contributed by atoms with Gasteiger partial charge >= 0.3 is 0 Å². The van der Waals surface area contributed by atoms with E-state index in [1.54, 1.807) is 5.01 Å². The summed E-state index contributed by atoms with van der Waals surface area (Å²) in [5, 5.41) is 4.81. The van der Waals surface area contributed by atoms with Crippen molar-refractivity contribution in [3.63, 3.8) is 0 Å². The zero-order chi connectivity index (χ0) is 15.5. The lowest BCUT2D eigenvalue weighted by molar-refractivity contribution is -0.796. The fraction of sp³-hybridized carbons (Fsp3) is 0.600. The van der Waals surface area contributed by atoms with Gasteiger partial charge in [-0.1, -0.05) is 18.2 Å². The van der Waals surface area contributed by atoms with Crippen molar-refractivity contribution in [1.29, 1.82) is 0 Å². The Labute approximate surface area is 126 Å². The highest BCUT2D eigenvalue weighted by Crippen LogP contribution is 2.22. The summed E-state index contributed by atoms with van der Waals surface area (Å²) in [6, 6.07) is 10.3. The standard InChI is InChI=1S/C15H24N4O2/c1-15(2,3)17(4)19(16-20)21-14-10-11-18(12-14)13-8-6-5-7-9-13/h5-9,14H,10-12H2,1-4H3/p+1/t14-/m1/s1. The molecule has 0 saturated carbocycles. The molecule has 0 aliphatic carbocycles. The van der Waals surface area contributed by atoms with Crippen LogP contribution in [0.15, 0.2) is 30.3 Å². The Balaban J connectivity index is 1.94. The second-order valence-electron chi connectivity index (χ2n) is 6.36. The normalized spacial score (nSPS) is 19.1. The second-order valence-corrected chi connectivity index (χ2v) is 6.36. The molecule has 0 unspecified atom stereocenters. The number of anilines is 1. The third-order valence-electron chi connectivity index (χ3n) is 3.84. The Morgan fingerprint density at radius 2 is 1.95 bits per heavy atom. The molecule has 1 aliphatic heterocycles. The summed E-state index contributed by atoms with van der Waals surface area (Å²) in [6.45, 7) is 7.77. The van der Waals surface area contributed by atoms with E-state index in [-0.39, 0.29) is 11.6 Å². The number of benzene rings is 1. The van der Waals surface area contributed by atoms with Crippen molar-refractivity contribution in [2.45, 2.75) is 38.8 Å². The van der Waals surface area contributed by atoms with Crippen molar-refractivity contribution in [3.05, 3.63) is 35.2 Å². The maximum Gasteiger partial charge on any atom is 0.145 e. The molecule has 0 amide bonds. The van der Waals surface area contributed by atoms with Gasteiger partial charge in [-0.3, -0.25) is 0 Å². The maximum atomic E-state index is 11.2. The van der Waals surface area contributed by atoms with Crippen LogP contribution in [0.1, 0.15) is 27.2 Å². The van der Waals surface area contributed by atoms with Crippen LogP contribution in [-0.4, -0.2) is 42.1 Å². The van der Waals surface area contributed by atoms with Gasteiger partial charge in [0.05, 0.1) is 10.2 Å². The molecular weight excluding hydrogens is 268 g/mol. The summed E-state index contributed by atoms with van der Waals surface area (Å²) < 4.78 is 0. The summed E-state index contributed by atoms with van der Waals surface area (Å²) in [6.07, 6.45) is 0.891. The topological polar surface area (TPSA) is 50.0 Å². The molecule has 1 aromatic rings. The van der Waals surface area contributed by atoms with Crippen molar-refractivity contribution in [1.82, 2.24) is 10.3 Å². The van der Waals surface area contributed by atoms with E-state index in [4.69, 9.17) is 4.84 Å². The average molecular weight is 293 g/mol. The molecular formula is C15H25N4O2+. The number of hydrogen-bond acceptors (Lipinski definition) is 4. The SMILES string of the molecule is CN(N([NH+]=O)O[C@@H]1CCN(c2ccccc2)C1)C(C)(C)C. The Kier molecular flexibility index (Phi) is 4.80. The van der Waals surface area contributed by atoms with Gasteiger partial charge in [0.15, 0.2) is 0 Å². The van der Waals surface area contributed by atoms with E-state index in [1.165, 1.54) is 11.0 Å². The third-order valence-corrected chi connectivity index (χ3v) is 3.84. The molecule has 0 bridgehead atoms. The number of para-hydroxylation sites is 1. The third kappa shape index (κ3) is 3.92. The number of rotatable bonds is 5. The summed E-state index contributed by atoms with van der Waals surface area (Å²) in [5.74, 6) is 0. The molecule has 1 N–H and O–H groups in total. The largest absolute Gasteiger partial charge is 0.369 e. The number of nitroso groups, excluding NO2 is 1. The first kappa shape index (κ1) is 15.7. The Bertz CT molecular complexity index is 460. The monoisotopic (exact) mass is 293 g/mol. The minimum atomic E-state index is -0.199. The maximum absolute atomic E-state index is 11.2. The lowest BCUT2D eigenvalue weighted by Gasteiger charge is -2.32. The summed E-state index contributed by atoms with van der Waals surface area (Å²) in [4.78, 5) is 19.2. The fourth-order valence-corrected chi connectivity index (χ4v) is 2.25. The average Bonchev–Trinajstić information content (AvgIpc) is 2.92. The first-order chi connectivity index (χ1) is 9.91. The molecule has 1 saturated heterocycles. The van der Waals surface area contributed by atoms with Crippen molar-refractivity contribution < 1.29 is 10.1 Å². The molecule has 6 heteroatoms. The van der Waals surface area contributed by atoms with E-state index < -0.39 is 0 Å². The smallest absolute Gasteiger partial charge is 0.145 e. The molecule has 6 nitrogen and oxygen atoms in total. The van der Waals surface area contributed by atoms with Crippen LogP contribution in [0.5, 0.6) is 0 Å². The first-order valence-corrected chi connectivity index (χ1v) is 7.30. The van der Waals surface area contributed by atoms with Gasteiger partial charge in [0, 0.05) is 31.4 Å². The highest BCUT2D eigenvalue weighted by Gasteiger charge is 2.33. The van der Waals surface area contributed by atoms with Crippen LogP contribution < -0.4 is 10.2 Å². The van der Waals surface area contributed by atoms with E-state index in [0.717, 1.165) is 19.5 Å². The Morgan fingerprint density at radius 1 is 1.29 bits per heavy atom. The van der Waals surface area contributed by atoms with Crippen LogP contribution in [0.4, 0.5) is 5.69 Å². The molecule has 116 valence electrons. The number of nitrogens with one attached hydrogen (secondary N) is 1. The molecule has 1 heterocycles. The van der Waals surface area contributed by atoms with Gasteiger partial charge in [0.1, 0.15) is 11.4 Å². The summed E-state index contributed by atoms with van der Waals surface area (Å²) >= 11 is 0. The van der Waals surface area contributed by atoms with Gasteiger partial charge in [-0.2, -0.15) is 0 Å². The molecule has 2 rings (SSSR count). The molecule has 0 spiro atoms. The van der Waals surface area contributed by atoms with E-state index in [0.29, 0.717) is 0 Å². The van der Waals surface area contributed by atoms with Crippen LogP contribution in [-0.2, 0) is 4.84 Å². The predicted octanol–water partition coefficient (Wildman–Crippen LogP) is 0.906. The van der Waals surface area contributed by atoms with Crippen LogP contribution in [0.2, 0.25) is 0 Å². The Morgan fingerprint density at radius 3 is 2.52 bits per heavy atom. The number of nitrogens with zero attached hydrogens (tertiary/aromatic N) is 3. The summed E-state index contributed by atoms with van der Waals surface area (Å²) in [5.41, 5.74) is 0.990. The van der Waals surface area contributed by atoms with Gasteiger partial charge in [-0.25, -0.2) is 4.84 Å². The quantitative estimate of drug-likeness (QED) is 0.818. The van der Waals surface area contributed by atoms with Gasteiger partial charge in [0.2, 0.25) is 0 Å². The van der Waals surface area contributed by atoms with Gasteiger partial charge in [-0.15, -0.1) is 5.01 Å². The van der Waals surface area contributed by atoms with Crippen molar-refractivity contribution in [2.24, 2.45) is 0 Å². The molecule has 1 aliphatic rings. The lowest BCUT2D eigenvalue weighted by atomic mass is 10.1. The van der Waals surface area contributed by atoms with Crippen molar-refractivity contribution in [2.75, 3.05) is 25.0 Å². The van der Waals surface area contributed by atoms with Crippen LogP contribution in [0.25, 0.3) is 0 Å². The van der Waals surface area contributed by atoms with Gasteiger partial charge < -0.3 is 4.90 Å². The predicted molar refractivity (Wildman–Crippen MR) is 81.8 cm³/mol. The number of hydrazine groups is 2. The zero-order valence-corrected chi connectivity index (χ0v) is 13.2. The highest BCUT2D eigenvalue weighted by atomic mass is 16.8. The van der Waals surface area contributed by atoms with Crippen molar-refractivity contribution >= 4 is 5.69 Å². The lowest BCUT2D eigenvalue weighted by Crippen LogP contribution is -2.83. The molecule has 1 aromatic carbocycles. The highest BCUT2D eigenvalue weighted by molar-refractivity contribution is 5.47. The minimum Gasteiger partial charge on any atom is -0.369 e. The second kappa shape index (κ2) is 6.41. The molecule has 0 radical (unpaired) electrons. The molecule has 1 fully saturated rings. The Hall–Kier alpha value is -1.66. The van der Waals surface area contributed by atoms with E-state index >= 15 is 0 Å². The zero-order valence-electron chi connectivity index (χ0n) is 13.2. The van der Waals surface area contributed by atoms with Gasteiger partial charge in [-0.05, 0) is 39.3 Å². The van der Waals surface area contributed by atoms with E-state index in [9.17, 15) is 4.91 Å². The number of hydrogen-bond donors (Lipinski definition) is 1. The fourth-order valence-electron chi connectivity index (χ4n) is 2.25. The van der Waals surface area contributed by atoms with E-state index in [2.05, 4.69) is 17.0 Å². The molecule has 1 atom stereocenters. The molecule has 21 heavy (non-hydrogen) atoms. The molecule has 0 aromatic heterocycles.